The van der Waals surface area contributed by atoms with E-state index in [0.29, 0.717) is 0 Å². The van der Waals surface area contributed by atoms with Crippen LogP contribution >= 0.6 is 0 Å². The summed E-state index contributed by atoms with van der Waals surface area (Å²) in [5.74, 6) is 0. The van der Waals surface area contributed by atoms with E-state index in [0.717, 1.165) is 6.54 Å². The molecule has 0 bridgehead atoms. The predicted octanol–water partition coefficient (Wildman–Crippen LogP) is 3.74. The van der Waals surface area contributed by atoms with E-state index >= 15 is 0 Å². The predicted molar refractivity (Wildman–Crippen MR) is 76.7 cm³/mol. The lowest BCUT2D eigenvalue weighted by molar-refractivity contribution is 0.0871. The summed E-state index contributed by atoms with van der Waals surface area (Å²) in [6.07, 6.45) is 0. The third-order valence-electron chi connectivity index (χ3n) is 3.64. The van der Waals surface area contributed by atoms with Crippen LogP contribution in [0.15, 0.2) is 0 Å². The minimum absolute atomic E-state index is 0.100. The summed E-state index contributed by atoms with van der Waals surface area (Å²) in [7, 11) is 0. The zero-order chi connectivity index (χ0) is 14.5. The van der Waals surface area contributed by atoms with Crippen LogP contribution in [0, 0.1) is 5.41 Å². The minimum atomic E-state index is -0.130. The van der Waals surface area contributed by atoms with Gasteiger partial charge in [0, 0.05) is 17.6 Å². The molecule has 1 aliphatic heterocycles. The van der Waals surface area contributed by atoms with Crippen molar-refractivity contribution in [2.75, 3.05) is 6.54 Å². The van der Waals surface area contributed by atoms with Gasteiger partial charge >= 0.3 is 6.03 Å². The molecule has 0 N–H and O–H groups in total. The van der Waals surface area contributed by atoms with Gasteiger partial charge in [0.05, 0.1) is 6.04 Å². The minimum Gasteiger partial charge on any atom is -0.318 e. The molecule has 1 heterocycles. The molecule has 0 aromatic rings. The molecule has 0 spiro atoms. The van der Waals surface area contributed by atoms with E-state index in [1.54, 1.807) is 0 Å². The Labute approximate surface area is 113 Å². The van der Waals surface area contributed by atoms with Crippen LogP contribution in [0.3, 0.4) is 0 Å². The maximum atomic E-state index is 12.7. The number of carbonyl (C=O) groups excluding carboxylic acids is 1. The molecule has 0 aliphatic carbocycles. The van der Waals surface area contributed by atoms with E-state index in [4.69, 9.17) is 0 Å². The molecular formula is C15H30N2O. The average Bonchev–Trinajstić information content (AvgIpc) is 2.39. The summed E-state index contributed by atoms with van der Waals surface area (Å²) < 4.78 is 0. The van der Waals surface area contributed by atoms with Gasteiger partial charge in [-0.15, -0.1) is 0 Å². The zero-order valence-electron chi connectivity index (χ0n) is 13.6. The number of urea groups is 1. The molecule has 3 heteroatoms. The number of carbonyl (C=O) groups is 1. The van der Waals surface area contributed by atoms with E-state index in [-0.39, 0.29) is 28.6 Å². The Balaban J connectivity index is 3.17. The molecule has 2 amide bonds. The first-order valence-corrected chi connectivity index (χ1v) is 6.87. The SMILES string of the molecule is CC(C)(C)C1CN(C(C)(C)C)C(=O)N1C(C)(C)C. The summed E-state index contributed by atoms with van der Waals surface area (Å²) in [5.41, 5.74) is -0.140. The van der Waals surface area contributed by atoms with Crippen molar-refractivity contribution in [2.45, 2.75) is 79.4 Å². The molecule has 1 saturated heterocycles. The largest absolute Gasteiger partial charge is 0.321 e. The Morgan fingerprint density at radius 3 is 1.56 bits per heavy atom. The first-order chi connectivity index (χ1) is 7.76. The van der Waals surface area contributed by atoms with Crippen LogP contribution < -0.4 is 0 Å². The quantitative estimate of drug-likeness (QED) is 0.646. The highest BCUT2D eigenvalue weighted by Gasteiger charge is 2.50. The first kappa shape index (κ1) is 15.3. The molecule has 3 nitrogen and oxygen atoms in total. The summed E-state index contributed by atoms with van der Waals surface area (Å²) >= 11 is 0. The Hall–Kier alpha value is -0.730. The Bertz CT molecular complexity index is 328. The van der Waals surface area contributed by atoms with Gasteiger partial charge in [-0.2, -0.15) is 0 Å². The fourth-order valence-electron chi connectivity index (χ4n) is 2.57. The monoisotopic (exact) mass is 254 g/mol. The first-order valence-electron chi connectivity index (χ1n) is 6.87. The lowest BCUT2D eigenvalue weighted by Crippen LogP contribution is -2.52. The van der Waals surface area contributed by atoms with Gasteiger partial charge in [0.25, 0.3) is 0 Å². The van der Waals surface area contributed by atoms with Crippen molar-refractivity contribution >= 4 is 6.03 Å². The molecule has 1 unspecified atom stereocenters. The second kappa shape index (κ2) is 4.14. The van der Waals surface area contributed by atoms with Gasteiger partial charge < -0.3 is 9.80 Å². The summed E-state index contributed by atoms with van der Waals surface area (Å²) in [5, 5.41) is 0. The van der Waals surface area contributed by atoms with Crippen LogP contribution in [0.2, 0.25) is 0 Å². The van der Waals surface area contributed by atoms with Crippen LogP contribution in [0.4, 0.5) is 4.79 Å². The summed E-state index contributed by atoms with van der Waals surface area (Å²) in [6.45, 7) is 20.2. The lowest BCUT2D eigenvalue weighted by atomic mass is 9.84. The molecular weight excluding hydrogens is 224 g/mol. The maximum absolute atomic E-state index is 12.7. The molecule has 106 valence electrons. The highest BCUT2D eigenvalue weighted by atomic mass is 16.2. The van der Waals surface area contributed by atoms with Crippen molar-refractivity contribution in [3.8, 4) is 0 Å². The van der Waals surface area contributed by atoms with Crippen molar-refractivity contribution in [2.24, 2.45) is 5.41 Å². The number of hydrogen-bond acceptors (Lipinski definition) is 1. The molecule has 18 heavy (non-hydrogen) atoms. The Morgan fingerprint density at radius 1 is 0.889 bits per heavy atom. The van der Waals surface area contributed by atoms with E-state index in [1.165, 1.54) is 0 Å². The fraction of sp³-hybridized carbons (Fsp3) is 0.933. The van der Waals surface area contributed by atoms with Crippen molar-refractivity contribution in [3.63, 3.8) is 0 Å². The van der Waals surface area contributed by atoms with Gasteiger partial charge in [0.2, 0.25) is 0 Å². The smallest absolute Gasteiger partial charge is 0.318 e. The van der Waals surface area contributed by atoms with Crippen molar-refractivity contribution < 1.29 is 4.79 Å². The Kier molecular flexibility index (Phi) is 3.53. The second-order valence-corrected chi connectivity index (χ2v) is 8.49. The van der Waals surface area contributed by atoms with E-state index in [1.807, 2.05) is 4.90 Å². The van der Waals surface area contributed by atoms with Gasteiger partial charge in [-0.3, -0.25) is 0 Å². The van der Waals surface area contributed by atoms with Crippen molar-refractivity contribution in [3.05, 3.63) is 0 Å². The Morgan fingerprint density at radius 2 is 1.33 bits per heavy atom. The van der Waals surface area contributed by atoms with Crippen molar-refractivity contribution in [1.82, 2.24) is 9.80 Å². The number of amides is 2. The zero-order valence-corrected chi connectivity index (χ0v) is 13.6. The van der Waals surface area contributed by atoms with Crippen LogP contribution in [-0.4, -0.2) is 39.5 Å². The molecule has 0 aromatic carbocycles. The molecule has 0 radical (unpaired) electrons. The summed E-state index contributed by atoms with van der Waals surface area (Å²) in [4.78, 5) is 16.8. The van der Waals surface area contributed by atoms with E-state index < -0.39 is 0 Å². The molecule has 0 aromatic heterocycles. The highest BCUT2D eigenvalue weighted by Crippen LogP contribution is 2.38. The molecule has 1 rings (SSSR count). The molecule has 1 fully saturated rings. The van der Waals surface area contributed by atoms with Gasteiger partial charge in [-0.25, -0.2) is 4.79 Å². The third-order valence-corrected chi connectivity index (χ3v) is 3.64. The molecule has 1 atom stereocenters. The van der Waals surface area contributed by atoms with Gasteiger partial charge in [0.1, 0.15) is 0 Å². The lowest BCUT2D eigenvalue weighted by Gasteiger charge is -2.41. The van der Waals surface area contributed by atoms with Gasteiger partial charge in [-0.1, -0.05) is 20.8 Å². The second-order valence-electron chi connectivity index (χ2n) is 8.49. The maximum Gasteiger partial charge on any atom is 0.321 e. The van der Waals surface area contributed by atoms with E-state index in [2.05, 4.69) is 67.2 Å². The number of rotatable bonds is 0. The highest BCUT2D eigenvalue weighted by molar-refractivity contribution is 5.79. The molecule has 0 saturated carbocycles. The van der Waals surface area contributed by atoms with Crippen LogP contribution in [0.5, 0.6) is 0 Å². The van der Waals surface area contributed by atoms with Crippen molar-refractivity contribution in [1.29, 1.82) is 0 Å². The van der Waals surface area contributed by atoms with Crippen LogP contribution in [0.25, 0.3) is 0 Å². The van der Waals surface area contributed by atoms with Crippen LogP contribution in [0.1, 0.15) is 62.3 Å². The third kappa shape index (κ3) is 2.81. The standard InChI is InChI=1S/C15H30N2O/c1-13(2,3)11-10-16(14(4,5)6)12(18)17(11)15(7,8)9/h11H,10H2,1-9H3. The normalized spacial score (nSPS) is 22.9. The number of nitrogens with zero attached hydrogens (tertiary/aromatic N) is 2. The molecule has 1 aliphatic rings. The fourth-order valence-corrected chi connectivity index (χ4v) is 2.57. The number of hydrogen-bond donors (Lipinski definition) is 0. The van der Waals surface area contributed by atoms with E-state index in [9.17, 15) is 4.79 Å². The van der Waals surface area contributed by atoms with Gasteiger partial charge in [0.15, 0.2) is 0 Å². The topological polar surface area (TPSA) is 23.6 Å². The van der Waals surface area contributed by atoms with Gasteiger partial charge in [-0.05, 0) is 47.0 Å². The average molecular weight is 254 g/mol. The van der Waals surface area contributed by atoms with Crippen LogP contribution in [-0.2, 0) is 0 Å². The summed E-state index contributed by atoms with van der Waals surface area (Å²) in [6, 6.07) is 0.444.